The topological polar surface area (TPSA) is 75.3 Å². The first-order chi connectivity index (χ1) is 8.13. The van der Waals surface area contributed by atoms with Gasteiger partial charge < -0.3 is 16.2 Å². The number of hydrogen-bond donors (Lipinski definition) is 3. The molecule has 0 radical (unpaired) electrons. The summed E-state index contributed by atoms with van der Waals surface area (Å²) < 4.78 is 0. The number of amides is 1. The van der Waals surface area contributed by atoms with Crippen molar-refractivity contribution < 1.29 is 9.90 Å². The highest BCUT2D eigenvalue weighted by Crippen LogP contribution is 2.24. The molecule has 6 heteroatoms. The lowest BCUT2D eigenvalue weighted by Crippen LogP contribution is -2.15. The number of aliphatic hydroxyl groups is 1. The Morgan fingerprint density at radius 2 is 2.29 bits per heavy atom. The van der Waals surface area contributed by atoms with Crippen LogP contribution in [0.4, 0.5) is 11.4 Å². The van der Waals surface area contributed by atoms with Crippen molar-refractivity contribution in [1.29, 1.82) is 0 Å². The largest absolute Gasteiger partial charge is 0.399 e. The van der Waals surface area contributed by atoms with Crippen LogP contribution >= 0.6 is 23.4 Å². The second-order valence-corrected chi connectivity index (χ2v) is 4.93. The molecule has 0 saturated heterocycles. The van der Waals surface area contributed by atoms with Gasteiger partial charge in [0.05, 0.1) is 16.5 Å². The van der Waals surface area contributed by atoms with Gasteiger partial charge in [-0.15, -0.1) is 0 Å². The normalized spacial score (nSPS) is 10.2. The Hall–Kier alpha value is -0.910. The van der Waals surface area contributed by atoms with E-state index in [4.69, 9.17) is 22.4 Å². The minimum atomic E-state index is -0.125. The minimum absolute atomic E-state index is 0.125. The van der Waals surface area contributed by atoms with Gasteiger partial charge in [-0.25, -0.2) is 0 Å². The van der Waals surface area contributed by atoms with E-state index in [2.05, 4.69) is 5.32 Å². The first-order valence-corrected chi connectivity index (χ1v) is 6.70. The molecule has 0 aliphatic carbocycles. The highest BCUT2D eigenvalue weighted by atomic mass is 35.5. The Morgan fingerprint density at radius 3 is 3.00 bits per heavy atom. The number of anilines is 2. The third kappa shape index (κ3) is 5.30. The lowest BCUT2D eigenvalue weighted by atomic mass is 10.3. The van der Waals surface area contributed by atoms with Crippen LogP contribution in [0.2, 0.25) is 5.02 Å². The Kier molecular flexibility index (Phi) is 6.18. The zero-order valence-corrected chi connectivity index (χ0v) is 10.9. The van der Waals surface area contributed by atoms with Gasteiger partial charge in [0, 0.05) is 12.3 Å². The van der Waals surface area contributed by atoms with E-state index in [0.29, 0.717) is 28.6 Å². The van der Waals surface area contributed by atoms with E-state index < -0.39 is 0 Å². The standard InChI is InChI=1S/C11H15ClN2O2S/c12-9-3-2-8(13)6-10(9)14-11(16)7-17-5-1-4-15/h2-3,6,15H,1,4-5,7,13H2,(H,14,16). The average Bonchev–Trinajstić information content (AvgIpc) is 2.29. The highest BCUT2D eigenvalue weighted by Gasteiger charge is 2.06. The summed E-state index contributed by atoms with van der Waals surface area (Å²) in [5, 5.41) is 11.7. The number of nitrogen functional groups attached to an aromatic ring is 1. The summed E-state index contributed by atoms with van der Waals surface area (Å²) in [5.41, 5.74) is 6.68. The van der Waals surface area contributed by atoms with Crippen LogP contribution < -0.4 is 11.1 Å². The van der Waals surface area contributed by atoms with Crippen LogP contribution in [0.3, 0.4) is 0 Å². The summed E-state index contributed by atoms with van der Waals surface area (Å²) in [6.45, 7) is 0.148. The lowest BCUT2D eigenvalue weighted by Gasteiger charge is -2.07. The van der Waals surface area contributed by atoms with Gasteiger partial charge in [0.15, 0.2) is 0 Å². The number of carbonyl (C=O) groups is 1. The molecule has 0 heterocycles. The van der Waals surface area contributed by atoms with Crippen molar-refractivity contribution >= 4 is 40.6 Å². The molecule has 1 aromatic carbocycles. The van der Waals surface area contributed by atoms with E-state index in [9.17, 15) is 4.79 Å². The van der Waals surface area contributed by atoms with Gasteiger partial charge in [0.2, 0.25) is 5.91 Å². The molecule has 0 bridgehead atoms. The molecule has 0 spiro atoms. The van der Waals surface area contributed by atoms with E-state index in [1.54, 1.807) is 18.2 Å². The van der Waals surface area contributed by atoms with Crippen molar-refractivity contribution in [2.45, 2.75) is 6.42 Å². The van der Waals surface area contributed by atoms with Crippen LogP contribution in [0.5, 0.6) is 0 Å². The molecule has 0 atom stereocenters. The van der Waals surface area contributed by atoms with Gasteiger partial charge in [0.25, 0.3) is 0 Å². The smallest absolute Gasteiger partial charge is 0.234 e. The van der Waals surface area contributed by atoms with Crippen LogP contribution in [-0.2, 0) is 4.79 Å². The van der Waals surface area contributed by atoms with Crippen molar-refractivity contribution in [2.24, 2.45) is 0 Å². The molecule has 1 rings (SSSR count). The molecule has 0 aliphatic heterocycles. The van der Waals surface area contributed by atoms with E-state index in [0.717, 1.165) is 5.75 Å². The summed E-state index contributed by atoms with van der Waals surface area (Å²) in [6.07, 6.45) is 0.691. The number of rotatable bonds is 6. The fraction of sp³-hybridized carbons (Fsp3) is 0.364. The number of aliphatic hydroxyl groups excluding tert-OH is 1. The predicted octanol–water partition coefficient (Wildman–Crippen LogP) is 1.98. The molecular weight excluding hydrogens is 260 g/mol. The van der Waals surface area contributed by atoms with Crippen molar-refractivity contribution in [3.8, 4) is 0 Å². The van der Waals surface area contributed by atoms with Gasteiger partial charge in [-0.05, 0) is 30.4 Å². The van der Waals surface area contributed by atoms with Gasteiger partial charge in [-0.1, -0.05) is 11.6 Å². The summed E-state index contributed by atoms with van der Waals surface area (Å²) in [5.74, 6) is 0.972. The summed E-state index contributed by atoms with van der Waals surface area (Å²) in [4.78, 5) is 11.5. The van der Waals surface area contributed by atoms with Gasteiger partial charge in [0.1, 0.15) is 0 Å². The summed E-state index contributed by atoms with van der Waals surface area (Å²) in [7, 11) is 0. The minimum Gasteiger partial charge on any atom is -0.399 e. The van der Waals surface area contributed by atoms with E-state index >= 15 is 0 Å². The zero-order chi connectivity index (χ0) is 12.7. The highest BCUT2D eigenvalue weighted by molar-refractivity contribution is 7.99. The number of halogens is 1. The molecule has 1 amide bonds. The van der Waals surface area contributed by atoms with Crippen LogP contribution in [0.15, 0.2) is 18.2 Å². The second kappa shape index (κ2) is 7.42. The maximum absolute atomic E-state index is 11.5. The molecule has 0 fully saturated rings. The van der Waals surface area contributed by atoms with Crippen LogP contribution in [0.25, 0.3) is 0 Å². The second-order valence-electron chi connectivity index (χ2n) is 3.42. The number of nitrogens with two attached hydrogens (primary N) is 1. The molecule has 94 valence electrons. The fourth-order valence-electron chi connectivity index (χ4n) is 1.16. The van der Waals surface area contributed by atoms with Crippen molar-refractivity contribution in [1.82, 2.24) is 0 Å². The van der Waals surface area contributed by atoms with Gasteiger partial charge in [-0.2, -0.15) is 11.8 Å². The Balaban J connectivity index is 2.42. The van der Waals surface area contributed by atoms with Crippen molar-refractivity contribution in [3.05, 3.63) is 23.2 Å². The average molecular weight is 275 g/mol. The SMILES string of the molecule is Nc1ccc(Cl)c(NC(=O)CSCCCO)c1. The molecule has 0 unspecified atom stereocenters. The van der Waals surface area contributed by atoms with E-state index in [-0.39, 0.29) is 12.5 Å². The van der Waals surface area contributed by atoms with Gasteiger partial charge in [-0.3, -0.25) is 4.79 Å². The Bertz CT molecular complexity index is 388. The third-order valence-electron chi connectivity index (χ3n) is 1.94. The Labute approximate surface area is 110 Å². The van der Waals surface area contributed by atoms with Crippen LogP contribution in [0.1, 0.15) is 6.42 Å². The quantitative estimate of drug-likeness (QED) is 0.548. The van der Waals surface area contributed by atoms with Crippen molar-refractivity contribution in [3.63, 3.8) is 0 Å². The number of nitrogens with one attached hydrogen (secondary N) is 1. The van der Waals surface area contributed by atoms with Gasteiger partial charge >= 0.3 is 0 Å². The van der Waals surface area contributed by atoms with E-state index in [1.165, 1.54) is 11.8 Å². The molecule has 17 heavy (non-hydrogen) atoms. The third-order valence-corrected chi connectivity index (χ3v) is 3.32. The molecule has 4 N–H and O–H groups in total. The first-order valence-electron chi connectivity index (χ1n) is 5.17. The first kappa shape index (κ1) is 14.2. The Morgan fingerprint density at radius 1 is 1.53 bits per heavy atom. The number of carbonyl (C=O) groups excluding carboxylic acids is 1. The number of benzene rings is 1. The van der Waals surface area contributed by atoms with E-state index in [1.807, 2.05) is 0 Å². The van der Waals surface area contributed by atoms with Crippen molar-refractivity contribution in [2.75, 3.05) is 29.2 Å². The molecule has 1 aromatic rings. The molecule has 0 aromatic heterocycles. The predicted molar refractivity (Wildman–Crippen MR) is 73.5 cm³/mol. The molecule has 0 aliphatic rings. The maximum Gasteiger partial charge on any atom is 0.234 e. The summed E-state index contributed by atoms with van der Waals surface area (Å²) in [6, 6.07) is 4.94. The number of hydrogen-bond acceptors (Lipinski definition) is 4. The molecular formula is C11H15ClN2O2S. The molecule has 4 nitrogen and oxygen atoms in total. The lowest BCUT2D eigenvalue weighted by molar-refractivity contribution is -0.113. The number of thioether (sulfide) groups is 1. The zero-order valence-electron chi connectivity index (χ0n) is 9.28. The molecule has 0 saturated carbocycles. The van der Waals surface area contributed by atoms with Crippen LogP contribution in [-0.4, -0.2) is 29.1 Å². The summed E-state index contributed by atoms with van der Waals surface area (Å²) >= 11 is 7.38. The maximum atomic E-state index is 11.5. The monoisotopic (exact) mass is 274 g/mol. The van der Waals surface area contributed by atoms with Crippen LogP contribution in [0, 0.1) is 0 Å². The fourth-order valence-corrected chi connectivity index (χ4v) is 2.06.